The van der Waals surface area contributed by atoms with Crippen LogP contribution in [0.2, 0.25) is 0 Å². The van der Waals surface area contributed by atoms with Gasteiger partial charge in [0.1, 0.15) is 6.61 Å². The van der Waals surface area contributed by atoms with Crippen molar-refractivity contribution in [2.75, 3.05) is 0 Å². The third-order valence-electron chi connectivity index (χ3n) is 2.70. The summed E-state index contributed by atoms with van der Waals surface area (Å²) in [7, 11) is 0. The molecular weight excluding hydrogens is 324 g/mol. The van der Waals surface area contributed by atoms with Gasteiger partial charge in [0.15, 0.2) is 0 Å². The fraction of sp³-hybridized carbons (Fsp3) is 0.133. The van der Waals surface area contributed by atoms with Crippen LogP contribution in [0.15, 0.2) is 51.8 Å². The molecule has 0 unspecified atom stereocenters. The van der Waals surface area contributed by atoms with E-state index in [0.29, 0.717) is 5.56 Å². The van der Waals surface area contributed by atoms with Gasteiger partial charge in [-0.25, -0.2) is 4.79 Å². The summed E-state index contributed by atoms with van der Waals surface area (Å²) in [6, 6.07) is 13.1. The van der Waals surface area contributed by atoms with Gasteiger partial charge in [0, 0.05) is 9.37 Å². The highest BCUT2D eigenvalue weighted by atomic mass is 79.9. The van der Waals surface area contributed by atoms with Crippen LogP contribution in [-0.4, -0.2) is 5.97 Å². The van der Waals surface area contributed by atoms with Crippen molar-refractivity contribution in [1.29, 1.82) is 0 Å². The Morgan fingerprint density at radius 3 is 2.79 bits per heavy atom. The molecule has 0 aliphatic heterocycles. The number of aryl methyl sites for hydroxylation is 1. The van der Waals surface area contributed by atoms with E-state index in [9.17, 15) is 4.79 Å². The van der Waals surface area contributed by atoms with Crippen molar-refractivity contribution in [1.82, 2.24) is 0 Å². The van der Waals surface area contributed by atoms with E-state index in [1.54, 1.807) is 6.07 Å². The molecule has 19 heavy (non-hydrogen) atoms. The number of hydrogen-bond acceptors (Lipinski definition) is 3. The molecule has 0 N–H and O–H groups in total. The molecule has 98 valence electrons. The molecule has 2 rings (SSSR count). The van der Waals surface area contributed by atoms with Crippen LogP contribution in [0.25, 0.3) is 0 Å². The minimum absolute atomic E-state index is 0.258. The Morgan fingerprint density at radius 2 is 2.05 bits per heavy atom. The highest BCUT2D eigenvalue weighted by Crippen LogP contribution is 2.17. The highest BCUT2D eigenvalue weighted by molar-refractivity contribution is 9.10. The van der Waals surface area contributed by atoms with E-state index in [-0.39, 0.29) is 12.6 Å². The largest absolute Gasteiger partial charge is 0.457 e. The van der Waals surface area contributed by atoms with Gasteiger partial charge < -0.3 is 4.74 Å². The maximum absolute atomic E-state index is 12.0. The number of carbonyl (C=O) groups is 1. The SMILES string of the molecule is Cc1ccc(S)cc1C(=O)OCc1cccc(Br)c1. The zero-order chi connectivity index (χ0) is 13.8. The monoisotopic (exact) mass is 336 g/mol. The third kappa shape index (κ3) is 3.85. The van der Waals surface area contributed by atoms with Crippen LogP contribution >= 0.6 is 28.6 Å². The van der Waals surface area contributed by atoms with Gasteiger partial charge in [-0.3, -0.25) is 0 Å². The lowest BCUT2D eigenvalue weighted by molar-refractivity contribution is 0.0471. The fourth-order valence-electron chi connectivity index (χ4n) is 1.68. The van der Waals surface area contributed by atoms with E-state index in [4.69, 9.17) is 4.74 Å². The Morgan fingerprint density at radius 1 is 1.26 bits per heavy atom. The van der Waals surface area contributed by atoms with Crippen LogP contribution in [0.3, 0.4) is 0 Å². The second-order valence-corrected chi connectivity index (χ2v) is 5.64. The zero-order valence-electron chi connectivity index (χ0n) is 10.4. The van der Waals surface area contributed by atoms with Crippen molar-refractivity contribution in [3.05, 3.63) is 63.6 Å². The third-order valence-corrected chi connectivity index (χ3v) is 3.47. The van der Waals surface area contributed by atoms with Crippen molar-refractivity contribution < 1.29 is 9.53 Å². The first kappa shape index (κ1) is 14.2. The molecule has 0 spiro atoms. The molecule has 0 heterocycles. The second kappa shape index (κ2) is 6.26. The van der Waals surface area contributed by atoms with Crippen LogP contribution in [0, 0.1) is 6.92 Å². The Bertz CT molecular complexity index is 611. The summed E-state index contributed by atoms with van der Waals surface area (Å²) in [6.07, 6.45) is 0. The van der Waals surface area contributed by atoms with Crippen molar-refractivity contribution in [2.45, 2.75) is 18.4 Å². The molecule has 4 heteroatoms. The zero-order valence-corrected chi connectivity index (χ0v) is 12.9. The molecule has 0 radical (unpaired) electrons. The lowest BCUT2D eigenvalue weighted by atomic mass is 10.1. The molecule has 0 bridgehead atoms. The van der Waals surface area contributed by atoms with Crippen LogP contribution in [0.4, 0.5) is 0 Å². The van der Waals surface area contributed by atoms with Crippen molar-refractivity contribution in [2.24, 2.45) is 0 Å². The molecule has 0 fully saturated rings. The summed E-state index contributed by atoms with van der Waals surface area (Å²) < 4.78 is 6.28. The Kier molecular flexibility index (Phi) is 4.66. The molecule has 2 nitrogen and oxygen atoms in total. The first-order valence-electron chi connectivity index (χ1n) is 5.77. The summed E-state index contributed by atoms with van der Waals surface area (Å²) in [6.45, 7) is 2.14. The molecule has 0 aliphatic rings. The van der Waals surface area contributed by atoms with E-state index >= 15 is 0 Å². The molecule has 2 aromatic carbocycles. The highest BCUT2D eigenvalue weighted by Gasteiger charge is 2.11. The second-order valence-electron chi connectivity index (χ2n) is 4.21. The molecule has 0 saturated heterocycles. The smallest absolute Gasteiger partial charge is 0.338 e. The number of esters is 1. The first-order chi connectivity index (χ1) is 9.06. The normalized spacial score (nSPS) is 10.3. The quantitative estimate of drug-likeness (QED) is 0.664. The topological polar surface area (TPSA) is 26.3 Å². The number of rotatable bonds is 3. The van der Waals surface area contributed by atoms with Gasteiger partial charge in [-0.05, 0) is 42.3 Å². The van der Waals surface area contributed by atoms with Gasteiger partial charge in [0.2, 0.25) is 0 Å². The number of ether oxygens (including phenoxy) is 1. The minimum Gasteiger partial charge on any atom is -0.457 e. The van der Waals surface area contributed by atoms with E-state index < -0.39 is 0 Å². The van der Waals surface area contributed by atoms with Gasteiger partial charge in [0.25, 0.3) is 0 Å². The summed E-state index contributed by atoms with van der Waals surface area (Å²) in [4.78, 5) is 12.8. The van der Waals surface area contributed by atoms with E-state index in [1.165, 1.54) is 0 Å². The fourth-order valence-corrected chi connectivity index (χ4v) is 2.33. The number of carbonyl (C=O) groups excluding carboxylic acids is 1. The number of halogens is 1. The van der Waals surface area contributed by atoms with E-state index in [2.05, 4.69) is 28.6 Å². The summed E-state index contributed by atoms with van der Waals surface area (Å²) in [5.41, 5.74) is 2.39. The molecule has 0 amide bonds. The maximum Gasteiger partial charge on any atom is 0.338 e. The van der Waals surface area contributed by atoms with Crippen molar-refractivity contribution in [3.63, 3.8) is 0 Å². The van der Waals surface area contributed by atoms with E-state index in [0.717, 1.165) is 20.5 Å². The average Bonchev–Trinajstić information content (AvgIpc) is 2.39. The number of benzene rings is 2. The molecule has 2 aromatic rings. The van der Waals surface area contributed by atoms with Crippen molar-refractivity contribution >= 4 is 34.5 Å². The first-order valence-corrected chi connectivity index (χ1v) is 7.01. The Labute approximate surface area is 126 Å². The van der Waals surface area contributed by atoms with Crippen LogP contribution in [0.1, 0.15) is 21.5 Å². The van der Waals surface area contributed by atoms with Crippen molar-refractivity contribution in [3.8, 4) is 0 Å². The molecule has 0 aliphatic carbocycles. The lowest BCUT2D eigenvalue weighted by Crippen LogP contribution is -2.07. The maximum atomic E-state index is 12.0. The summed E-state index contributed by atoms with van der Waals surface area (Å²) in [5, 5.41) is 0. The Hall–Kier alpha value is -1.26. The number of hydrogen-bond donors (Lipinski definition) is 1. The molecular formula is C15H13BrO2S. The molecule has 0 aromatic heterocycles. The van der Waals surface area contributed by atoms with Gasteiger partial charge in [-0.2, -0.15) is 0 Å². The Balaban J connectivity index is 2.07. The molecule has 0 atom stereocenters. The summed E-state index contributed by atoms with van der Waals surface area (Å²) in [5.74, 6) is -0.326. The van der Waals surface area contributed by atoms with Crippen LogP contribution < -0.4 is 0 Å². The average molecular weight is 337 g/mol. The molecule has 0 saturated carbocycles. The van der Waals surface area contributed by atoms with Gasteiger partial charge in [0.05, 0.1) is 5.56 Å². The van der Waals surface area contributed by atoms with Gasteiger partial charge in [-0.15, -0.1) is 12.6 Å². The lowest BCUT2D eigenvalue weighted by Gasteiger charge is -2.08. The van der Waals surface area contributed by atoms with Crippen LogP contribution in [-0.2, 0) is 11.3 Å². The van der Waals surface area contributed by atoms with Gasteiger partial charge >= 0.3 is 5.97 Å². The van der Waals surface area contributed by atoms with E-state index in [1.807, 2.05) is 43.3 Å². The minimum atomic E-state index is -0.326. The number of thiol groups is 1. The van der Waals surface area contributed by atoms with Crippen LogP contribution in [0.5, 0.6) is 0 Å². The standard InChI is InChI=1S/C15H13BrO2S/c1-10-5-6-13(19)8-14(10)15(17)18-9-11-3-2-4-12(16)7-11/h2-8,19H,9H2,1H3. The summed E-state index contributed by atoms with van der Waals surface area (Å²) >= 11 is 7.62. The predicted octanol–water partition coefficient (Wildman–Crippen LogP) is 4.40. The predicted molar refractivity (Wildman–Crippen MR) is 81.7 cm³/mol. The van der Waals surface area contributed by atoms with Gasteiger partial charge in [-0.1, -0.05) is 34.1 Å².